The zero-order valence-corrected chi connectivity index (χ0v) is 11.6. The molecule has 0 saturated heterocycles. The highest BCUT2D eigenvalue weighted by molar-refractivity contribution is 7.20. The molecule has 5 heteroatoms. The number of benzene rings is 1. The number of thiophene rings is 1. The average Bonchev–Trinajstić information content (AvgIpc) is 2.70. The van der Waals surface area contributed by atoms with Gasteiger partial charge >= 0.3 is 0 Å². The lowest BCUT2D eigenvalue weighted by Crippen LogP contribution is -2.34. The van der Waals surface area contributed by atoms with Gasteiger partial charge in [0.1, 0.15) is 5.82 Å². The van der Waals surface area contributed by atoms with Crippen LogP contribution in [0.4, 0.5) is 4.39 Å². The van der Waals surface area contributed by atoms with Crippen molar-refractivity contribution in [1.29, 1.82) is 0 Å². The molecule has 0 spiro atoms. The maximum atomic E-state index is 13.1. The Hall–Kier alpha value is -1.46. The first-order valence-corrected chi connectivity index (χ1v) is 6.95. The van der Waals surface area contributed by atoms with Gasteiger partial charge in [0.2, 0.25) is 0 Å². The Bertz CT molecular complexity index is 594. The predicted molar refractivity (Wildman–Crippen MR) is 75.0 cm³/mol. The van der Waals surface area contributed by atoms with Crippen molar-refractivity contribution in [3.8, 4) is 0 Å². The van der Waals surface area contributed by atoms with E-state index in [1.165, 1.54) is 23.5 Å². The van der Waals surface area contributed by atoms with Gasteiger partial charge < -0.3 is 10.4 Å². The van der Waals surface area contributed by atoms with E-state index in [0.29, 0.717) is 11.3 Å². The van der Waals surface area contributed by atoms with Crippen LogP contribution in [-0.2, 0) is 0 Å². The topological polar surface area (TPSA) is 49.3 Å². The van der Waals surface area contributed by atoms with Gasteiger partial charge in [-0.25, -0.2) is 4.39 Å². The van der Waals surface area contributed by atoms with Crippen molar-refractivity contribution in [3.05, 3.63) is 35.0 Å². The summed E-state index contributed by atoms with van der Waals surface area (Å²) in [5, 5.41) is 12.9. The minimum atomic E-state index is -0.452. The van der Waals surface area contributed by atoms with Crippen LogP contribution in [0.5, 0.6) is 0 Å². The summed E-state index contributed by atoms with van der Waals surface area (Å²) in [5.41, 5.74) is 0. The van der Waals surface area contributed by atoms with Crippen LogP contribution >= 0.6 is 11.3 Å². The Balaban J connectivity index is 2.13. The monoisotopic (exact) mass is 281 g/mol. The van der Waals surface area contributed by atoms with Crippen molar-refractivity contribution in [2.45, 2.75) is 32.4 Å². The number of carbonyl (C=O) groups is 1. The first-order valence-electron chi connectivity index (χ1n) is 6.13. The fourth-order valence-corrected chi connectivity index (χ4v) is 2.97. The van der Waals surface area contributed by atoms with E-state index < -0.39 is 6.10 Å². The number of aliphatic hydroxyl groups excluding tert-OH is 1. The van der Waals surface area contributed by atoms with Gasteiger partial charge in [-0.05, 0) is 43.9 Å². The van der Waals surface area contributed by atoms with E-state index >= 15 is 0 Å². The number of halogens is 1. The summed E-state index contributed by atoms with van der Waals surface area (Å²) >= 11 is 1.27. The number of aliphatic hydroxyl groups is 1. The van der Waals surface area contributed by atoms with Crippen LogP contribution in [-0.4, -0.2) is 23.2 Å². The molecule has 2 atom stereocenters. The van der Waals surface area contributed by atoms with Gasteiger partial charge in [-0.2, -0.15) is 0 Å². The number of hydrogen-bond donors (Lipinski definition) is 2. The normalized spacial score (nSPS) is 14.3. The molecule has 2 rings (SSSR count). The van der Waals surface area contributed by atoms with E-state index in [0.717, 1.165) is 10.1 Å². The predicted octanol–water partition coefficient (Wildman–Crippen LogP) is 2.93. The highest BCUT2D eigenvalue weighted by Gasteiger charge is 2.14. The molecular weight excluding hydrogens is 265 g/mol. The third-order valence-electron chi connectivity index (χ3n) is 2.78. The van der Waals surface area contributed by atoms with Crippen molar-refractivity contribution in [1.82, 2.24) is 5.32 Å². The molecule has 0 saturated carbocycles. The lowest BCUT2D eigenvalue weighted by molar-refractivity contribution is 0.0927. The molecule has 3 nitrogen and oxygen atoms in total. The smallest absolute Gasteiger partial charge is 0.261 e. The molecule has 0 aliphatic carbocycles. The van der Waals surface area contributed by atoms with Gasteiger partial charge in [-0.3, -0.25) is 4.79 Å². The van der Waals surface area contributed by atoms with Gasteiger partial charge in [0.15, 0.2) is 0 Å². The molecule has 102 valence electrons. The lowest BCUT2D eigenvalue weighted by Gasteiger charge is -2.14. The fourth-order valence-electron chi connectivity index (χ4n) is 1.98. The summed E-state index contributed by atoms with van der Waals surface area (Å²) in [7, 11) is 0. The van der Waals surface area contributed by atoms with E-state index in [-0.39, 0.29) is 17.8 Å². The Morgan fingerprint density at radius 2 is 2.16 bits per heavy atom. The molecule has 2 aromatic rings. The van der Waals surface area contributed by atoms with Gasteiger partial charge in [0.25, 0.3) is 5.91 Å². The standard InChI is InChI=1S/C14H16FNO2S/c1-8(5-9(2)17)16-14(18)13-6-10-3-4-11(15)7-12(10)19-13/h3-4,6-9,17H,5H2,1-2H3,(H,16,18). The summed E-state index contributed by atoms with van der Waals surface area (Å²) in [6.45, 7) is 3.53. The van der Waals surface area contributed by atoms with Crippen molar-refractivity contribution >= 4 is 27.3 Å². The third kappa shape index (κ3) is 3.52. The Morgan fingerprint density at radius 3 is 2.84 bits per heavy atom. The second-order valence-electron chi connectivity index (χ2n) is 4.75. The average molecular weight is 281 g/mol. The second-order valence-corrected chi connectivity index (χ2v) is 5.84. The number of rotatable bonds is 4. The van der Waals surface area contributed by atoms with Crippen LogP contribution in [0.15, 0.2) is 24.3 Å². The maximum Gasteiger partial charge on any atom is 0.261 e. The van der Waals surface area contributed by atoms with Crippen LogP contribution in [0.3, 0.4) is 0 Å². The summed E-state index contributed by atoms with van der Waals surface area (Å²) in [4.78, 5) is 12.6. The molecule has 0 aliphatic rings. The summed E-state index contributed by atoms with van der Waals surface area (Å²) in [6.07, 6.45) is 0.0532. The molecular formula is C14H16FNO2S. The van der Waals surface area contributed by atoms with Crippen LogP contribution < -0.4 is 5.32 Å². The minimum absolute atomic E-state index is 0.102. The van der Waals surface area contributed by atoms with Gasteiger partial charge in [-0.1, -0.05) is 6.07 Å². The number of carbonyl (C=O) groups excluding carboxylic acids is 1. The molecule has 0 radical (unpaired) electrons. The molecule has 0 bridgehead atoms. The largest absolute Gasteiger partial charge is 0.393 e. The van der Waals surface area contributed by atoms with Crippen LogP contribution in [0, 0.1) is 5.82 Å². The van der Waals surface area contributed by atoms with E-state index in [4.69, 9.17) is 0 Å². The van der Waals surface area contributed by atoms with Crippen molar-refractivity contribution < 1.29 is 14.3 Å². The number of amides is 1. The van der Waals surface area contributed by atoms with Crippen molar-refractivity contribution in [3.63, 3.8) is 0 Å². The van der Waals surface area contributed by atoms with Crippen molar-refractivity contribution in [2.24, 2.45) is 0 Å². The summed E-state index contributed by atoms with van der Waals surface area (Å²) < 4.78 is 13.8. The summed E-state index contributed by atoms with van der Waals surface area (Å²) in [6, 6.07) is 6.12. The molecule has 1 aromatic heterocycles. The molecule has 2 N–H and O–H groups in total. The van der Waals surface area contributed by atoms with Gasteiger partial charge in [0.05, 0.1) is 11.0 Å². The molecule has 1 aromatic carbocycles. The zero-order chi connectivity index (χ0) is 14.0. The van der Waals surface area contributed by atoms with E-state index in [2.05, 4.69) is 5.32 Å². The second kappa shape index (κ2) is 5.67. The van der Waals surface area contributed by atoms with E-state index in [1.807, 2.05) is 6.92 Å². The van der Waals surface area contributed by atoms with Gasteiger partial charge in [0, 0.05) is 10.7 Å². The first kappa shape index (κ1) is 14.0. The molecule has 0 aliphatic heterocycles. The first-order chi connectivity index (χ1) is 8.95. The third-order valence-corrected chi connectivity index (χ3v) is 3.87. The Kier molecular flexibility index (Phi) is 4.17. The van der Waals surface area contributed by atoms with E-state index in [9.17, 15) is 14.3 Å². The van der Waals surface area contributed by atoms with Crippen LogP contribution in [0.1, 0.15) is 29.9 Å². The van der Waals surface area contributed by atoms with Crippen molar-refractivity contribution in [2.75, 3.05) is 0 Å². The fraction of sp³-hybridized carbons (Fsp3) is 0.357. The summed E-state index contributed by atoms with van der Waals surface area (Å²) in [5.74, 6) is -0.487. The quantitative estimate of drug-likeness (QED) is 0.905. The van der Waals surface area contributed by atoms with Crippen LogP contribution in [0.25, 0.3) is 10.1 Å². The maximum absolute atomic E-state index is 13.1. The van der Waals surface area contributed by atoms with Crippen LogP contribution in [0.2, 0.25) is 0 Å². The Morgan fingerprint density at radius 1 is 1.42 bits per heavy atom. The lowest BCUT2D eigenvalue weighted by atomic mass is 10.1. The number of hydrogen-bond acceptors (Lipinski definition) is 3. The highest BCUT2D eigenvalue weighted by atomic mass is 32.1. The molecule has 0 fully saturated rings. The number of fused-ring (bicyclic) bond motifs is 1. The SMILES string of the molecule is CC(O)CC(C)NC(=O)c1cc2ccc(F)cc2s1. The number of nitrogens with one attached hydrogen (secondary N) is 1. The molecule has 1 amide bonds. The minimum Gasteiger partial charge on any atom is -0.393 e. The van der Waals surface area contributed by atoms with E-state index in [1.54, 1.807) is 19.1 Å². The highest BCUT2D eigenvalue weighted by Crippen LogP contribution is 2.26. The molecule has 2 unspecified atom stereocenters. The molecule has 19 heavy (non-hydrogen) atoms. The molecule has 1 heterocycles. The Labute approximate surface area is 115 Å². The van der Waals surface area contributed by atoms with Gasteiger partial charge in [-0.15, -0.1) is 11.3 Å². The zero-order valence-electron chi connectivity index (χ0n) is 10.8.